The summed E-state index contributed by atoms with van der Waals surface area (Å²) in [5.41, 5.74) is 0. The number of fused-ring (bicyclic) bond motifs is 1. The van der Waals surface area contributed by atoms with E-state index in [1.807, 2.05) is 12.2 Å². The van der Waals surface area contributed by atoms with Crippen LogP contribution in [0.2, 0.25) is 0 Å². The zero-order valence-electron chi connectivity index (χ0n) is 18.2. The van der Waals surface area contributed by atoms with Crippen LogP contribution in [-0.4, -0.2) is 58.6 Å². The van der Waals surface area contributed by atoms with Crippen LogP contribution >= 0.6 is 0 Å². The summed E-state index contributed by atoms with van der Waals surface area (Å²) in [6, 6.07) is -2.16. The van der Waals surface area contributed by atoms with Crippen molar-refractivity contribution in [3.05, 3.63) is 12.2 Å². The zero-order valence-corrected chi connectivity index (χ0v) is 18.2. The van der Waals surface area contributed by atoms with Crippen molar-refractivity contribution >= 4 is 17.8 Å². The molecule has 5 atom stereocenters. The van der Waals surface area contributed by atoms with E-state index in [1.165, 1.54) is 37.0 Å². The van der Waals surface area contributed by atoms with Gasteiger partial charge in [0.1, 0.15) is 12.1 Å². The van der Waals surface area contributed by atoms with Crippen LogP contribution in [0.1, 0.15) is 71.6 Å². The molecule has 3 aliphatic rings. The number of carboxylic acid groups (broad SMARTS) is 1. The maximum Gasteiger partial charge on any atom is 0.326 e. The highest BCUT2D eigenvalue weighted by molar-refractivity contribution is 5.89. The summed E-state index contributed by atoms with van der Waals surface area (Å²) in [7, 11) is 0. The molecule has 0 radical (unpaired) electrons. The number of aliphatic carboxylic acids is 1. The number of ether oxygens (including phenoxy) is 1. The van der Waals surface area contributed by atoms with Crippen LogP contribution in [0, 0.1) is 11.8 Å². The van der Waals surface area contributed by atoms with Gasteiger partial charge in [-0.25, -0.2) is 4.79 Å². The molecule has 30 heavy (non-hydrogen) atoms. The number of nitrogens with one attached hydrogen (secondary N) is 1. The minimum atomic E-state index is -0.961. The van der Waals surface area contributed by atoms with Gasteiger partial charge in [0, 0.05) is 0 Å². The van der Waals surface area contributed by atoms with Crippen LogP contribution in [0.4, 0.5) is 0 Å². The minimum absolute atomic E-state index is 0.161. The molecule has 0 bridgehead atoms. The Labute approximate surface area is 179 Å². The van der Waals surface area contributed by atoms with E-state index in [1.54, 1.807) is 13.8 Å². The van der Waals surface area contributed by atoms with Crippen LogP contribution < -0.4 is 5.32 Å². The third-order valence-electron chi connectivity index (χ3n) is 6.96. The van der Waals surface area contributed by atoms with E-state index in [4.69, 9.17) is 4.74 Å². The predicted molar refractivity (Wildman–Crippen MR) is 113 cm³/mol. The highest BCUT2D eigenvalue weighted by Gasteiger charge is 2.48. The summed E-state index contributed by atoms with van der Waals surface area (Å²) >= 11 is 0. The Hall–Kier alpha value is -1.89. The molecule has 7 nitrogen and oxygen atoms in total. The molecule has 0 spiro atoms. The van der Waals surface area contributed by atoms with Crippen LogP contribution in [0.25, 0.3) is 0 Å². The third-order valence-corrected chi connectivity index (χ3v) is 6.96. The quantitative estimate of drug-likeness (QED) is 0.440. The van der Waals surface area contributed by atoms with Gasteiger partial charge in [-0.1, -0.05) is 44.3 Å². The molecular formula is C23H36N2O5. The molecule has 1 saturated carbocycles. The summed E-state index contributed by atoms with van der Waals surface area (Å²) in [6.45, 7) is 3.80. The van der Waals surface area contributed by atoms with Crippen molar-refractivity contribution in [3.8, 4) is 0 Å². The highest BCUT2D eigenvalue weighted by Crippen LogP contribution is 2.38. The predicted octanol–water partition coefficient (Wildman–Crippen LogP) is 2.89. The molecule has 1 saturated heterocycles. The summed E-state index contributed by atoms with van der Waals surface area (Å²) in [5, 5.41) is 12.8. The standard InChI is InChI=1S/C23H36N2O5/c1-3-30-23(29)18(13-12-16-8-5-4-6-9-16)24-15(2)21(26)25-19-11-7-10-17(19)14-20(25)22(27)28/h7,11,15-20,24H,3-6,8-10,12-14H2,1-2H3,(H,27,28)/t15-,17-,18-,19+,20+/m0/s1. The molecule has 3 rings (SSSR count). The number of carbonyl (C=O) groups is 3. The summed E-state index contributed by atoms with van der Waals surface area (Å²) in [5.74, 6) is -0.744. The van der Waals surface area contributed by atoms with Crippen molar-refractivity contribution in [1.82, 2.24) is 10.2 Å². The second-order valence-corrected chi connectivity index (χ2v) is 9.02. The maximum absolute atomic E-state index is 13.2. The summed E-state index contributed by atoms with van der Waals surface area (Å²) in [6.07, 6.45) is 13.0. The molecule has 7 heteroatoms. The first-order valence-corrected chi connectivity index (χ1v) is 11.6. The van der Waals surface area contributed by atoms with E-state index in [9.17, 15) is 19.5 Å². The molecule has 0 aromatic heterocycles. The number of amides is 1. The average molecular weight is 421 g/mol. The van der Waals surface area contributed by atoms with E-state index >= 15 is 0 Å². The van der Waals surface area contributed by atoms with Gasteiger partial charge in [0.25, 0.3) is 0 Å². The molecule has 0 aromatic rings. The lowest BCUT2D eigenvalue weighted by atomic mass is 9.85. The Morgan fingerprint density at radius 3 is 2.63 bits per heavy atom. The van der Waals surface area contributed by atoms with Gasteiger partial charge in [0.2, 0.25) is 5.91 Å². The molecule has 1 amide bonds. The lowest BCUT2D eigenvalue weighted by Gasteiger charge is -2.31. The normalized spacial score (nSPS) is 28.2. The smallest absolute Gasteiger partial charge is 0.326 e. The molecular weight excluding hydrogens is 384 g/mol. The van der Waals surface area contributed by atoms with E-state index in [0.29, 0.717) is 25.4 Å². The second-order valence-electron chi connectivity index (χ2n) is 9.02. The largest absolute Gasteiger partial charge is 0.480 e. The molecule has 0 unspecified atom stereocenters. The number of nitrogens with zero attached hydrogens (tertiary/aromatic N) is 1. The van der Waals surface area contributed by atoms with Crippen LogP contribution in [0.3, 0.4) is 0 Å². The number of likely N-dealkylation sites (tertiary alicyclic amines) is 1. The van der Waals surface area contributed by atoms with Crippen LogP contribution in [0.15, 0.2) is 12.2 Å². The van der Waals surface area contributed by atoms with Gasteiger partial charge in [-0.05, 0) is 51.4 Å². The first kappa shape index (κ1) is 22.8. The highest BCUT2D eigenvalue weighted by atomic mass is 16.5. The number of carbonyl (C=O) groups excluding carboxylic acids is 2. The number of hydrogen-bond acceptors (Lipinski definition) is 5. The molecule has 2 aliphatic carbocycles. The van der Waals surface area contributed by atoms with Crippen LogP contribution in [0.5, 0.6) is 0 Å². The van der Waals surface area contributed by atoms with Crippen molar-refractivity contribution in [2.45, 2.75) is 95.8 Å². The molecule has 2 fully saturated rings. The third kappa shape index (κ3) is 5.23. The molecule has 2 N–H and O–H groups in total. The topological polar surface area (TPSA) is 95.9 Å². The number of rotatable bonds is 9. The molecule has 0 aromatic carbocycles. The van der Waals surface area contributed by atoms with Gasteiger partial charge < -0.3 is 14.7 Å². The lowest BCUT2D eigenvalue weighted by Crippen LogP contribution is -2.55. The fourth-order valence-corrected chi connectivity index (χ4v) is 5.36. The van der Waals surface area contributed by atoms with Gasteiger partial charge in [-0.3, -0.25) is 14.9 Å². The fourth-order valence-electron chi connectivity index (χ4n) is 5.36. The minimum Gasteiger partial charge on any atom is -0.480 e. The van der Waals surface area contributed by atoms with Gasteiger partial charge in [0.05, 0.1) is 18.7 Å². The maximum atomic E-state index is 13.2. The van der Waals surface area contributed by atoms with Crippen molar-refractivity contribution in [2.24, 2.45) is 11.8 Å². The molecule has 1 heterocycles. The second kappa shape index (κ2) is 10.4. The number of carboxylic acids is 1. The first-order valence-electron chi connectivity index (χ1n) is 11.6. The van der Waals surface area contributed by atoms with Crippen molar-refractivity contribution in [1.29, 1.82) is 0 Å². The van der Waals surface area contributed by atoms with E-state index in [-0.39, 0.29) is 23.8 Å². The average Bonchev–Trinajstić information content (AvgIpc) is 3.32. The summed E-state index contributed by atoms with van der Waals surface area (Å²) < 4.78 is 5.25. The zero-order chi connectivity index (χ0) is 21.7. The van der Waals surface area contributed by atoms with Gasteiger partial charge >= 0.3 is 11.9 Å². The first-order chi connectivity index (χ1) is 14.4. The van der Waals surface area contributed by atoms with Crippen molar-refractivity contribution in [2.75, 3.05) is 6.61 Å². The molecule has 168 valence electrons. The van der Waals surface area contributed by atoms with Crippen molar-refractivity contribution < 1.29 is 24.2 Å². The summed E-state index contributed by atoms with van der Waals surface area (Å²) in [4.78, 5) is 39.0. The Morgan fingerprint density at radius 1 is 1.23 bits per heavy atom. The van der Waals surface area contributed by atoms with Gasteiger partial charge in [0.15, 0.2) is 0 Å². The van der Waals surface area contributed by atoms with Gasteiger partial charge in [-0.2, -0.15) is 0 Å². The Kier molecular flexibility index (Phi) is 7.92. The van der Waals surface area contributed by atoms with Crippen molar-refractivity contribution in [3.63, 3.8) is 0 Å². The fraction of sp³-hybridized carbons (Fsp3) is 0.783. The van der Waals surface area contributed by atoms with Gasteiger partial charge in [-0.15, -0.1) is 0 Å². The Balaban J connectivity index is 1.64. The van der Waals surface area contributed by atoms with Crippen LogP contribution in [-0.2, 0) is 19.1 Å². The lowest BCUT2D eigenvalue weighted by molar-refractivity contribution is -0.151. The van der Waals surface area contributed by atoms with E-state index in [2.05, 4.69) is 5.32 Å². The molecule has 1 aliphatic heterocycles. The Bertz CT molecular complexity index is 658. The Morgan fingerprint density at radius 2 is 1.97 bits per heavy atom. The SMILES string of the molecule is CCOC(=O)[C@H](CCC1CCCCC1)N[C@@H](C)C(=O)N1[C@@H](C(=O)O)C[C@@H]2CC=C[C@H]21. The number of hydrogen-bond donors (Lipinski definition) is 2. The van der Waals surface area contributed by atoms with E-state index < -0.39 is 24.1 Å². The monoisotopic (exact) mass is 420 g/mol. The number of esters is 1. The number of allylic oxidation sites excluding steroid dienone is 1. The van der Waals surface area contributed by atoms with E-state index in [0.717, 1.165) is 12.8 Å².